The van der Waals surface area contributed by atoms with Gasteiger partial charge in [0.05, 0.1) is 15.4 Å². The summed E-state index contributed by atoms with van der Waals surface area (Å²) < 4.78 is 2.72. The van der Waals surface area contributed by atoms with E-state index in [1.165, 1.54) is 11.3 Å². The predicted octanol–water partition coefficient (Wildman–Crippen LogP) is 4.07. The Morgan fingerprint density at radius 2 is 2.07 bits per heavy atom. The standard InChI is InChI=1S/C19H24ClN5OS/c1-5-25-15(12-13(2)22-25)18(26)24(11-7-10-23(3)4)19-21-17-14(20)8-6-9-16(17)27-19/h6,8-9,12H,5,7,10-11H2,1-4H3. The maximum atomic E-state index is 13.4. The van der Waals surface area contributed by atoms with Crippen LogP contribution >= 0.6 is 22.9 Å². The van der Waals surface area contributed by atoms with E-state index in [1.807, 2.05) is 52.2 Å². The molecule has 1 amide bonds. The average Bonchev–Trinajstić information content (AvgIpc) is 3.22. The van der Waals surface area contributed by atoms with Gasteiger partial charge in [-0.25, -0.2) is 4.98 Å². The number of fused-ring (bicyclic) bond motifs is 1. The minimum atomic E-state index is -0.0774. The monoisotopic (exact) mass is 405 g/mol. The first-order valence-electron chi connectivity index (χ1n) is 8.96. The third-order valence-electron chi connectivity index (χ3n) is 4.24. The van der Waals surface area contributed by atoms with Crippen molar-refractivity contribution < 1.29 is 4.79 Å². The summed E-state index contributed by atoms with van der Waals surface area (Å²) in [5, 5.41) is 5.69. The molecule has 0 radical (unpaired) electrons. The molecule has 2 aromatic heterocycles. The van der Waals surface area contributed by atoms with Crippen LogP contribution in [0, 0.1) is 6.92 Å². The summed E-state index contributed by atoms with van der Waals surface area (Å²) in [4.78, 5) is 21.9. The van der Waals surface area contributed by atoms with Crippen LogP contribution in [0.4, 0.5) is 5.13 Å². The molecule has 0 saturated heterocycles. The number of aromatic nitrogens is 3. The van der Waals surface area contributed by atoms with Crippen LogP contribution in [-0.4, -0.2) is 52.8 Å². The quantitative estimate of drug-likeness (QED) is 0.594. The van der Waals surface area contributed by atoms with Crippen molar-refractivity contribution in [1.82, 2.24) is 19.7 Å². The van der Waals surface area contributed by atoms with E-state index in [2.05, 4.69) is 15.0 Å². The zero-order valence-electron chi connectivity index (χ0n) is 16.1. The van der Waals surface area contributed by atoms with Crippen LogP contribution in [0.25, 0.3) is 10.2 Å². The van der Waals surface area contributed by atoms with Crippen LogP contribution in [0.15, 0.2) is 24.3 Å². The number of carbonyl (C=O) groups excluding carboxylic acids is 1. The Morgan fingerprint density at radius 1 is 1.30 bits per heavy atom. The summed E-state index contributed by atoms with van der Waals surface area (Å²) >= 11 is 7.78. The van der Waals surface area contributed by atoms with Crippen molar-refractivity contribution in [2.45, 2.75) is 26.8 Å². The Labute approximate surface area is 168 Å². The zero-order valence-corrected chi connectivity index (χ0v) is 17.6. The summed E-state index contributed by atoms with van der Waals surface area (Å²) in [5.41, 5.74) is 2.16. The third-order valence-corrected chi connectivity index (χ3v) is 5.59. The van der Waals surface area contributed by atoms with Crippen molar-refractivity contribution in [3.05, 3.63) is 40.7 Å². The molecular weight excluding hydrogens is 382 g/mol. The molecular formula is C19H24ClN5OS. The van der Waals surface area contributed by atoms with Crippen LogP contribution in [0.3, 0.4) is 0 Å². The van der Waals surface area contributed by atoms with Gasteiger partial charge in [0.25, 0.3) is 5.91 Å². The third kappa shape index (κ3) is 4.31. The molecule has 144 valence electrons. The number of aryl methyl sites for hydroxylation is 2. The van der Waals surface area contributed by atoms with Crippen molar-refractivity contribution in [3.63, 3.8) is 0 Å². The number of thiazole rings is 1. The topological polar surface area (TPSA) is 54.3 Å². The smallest absolute Gasteiger partial charge is 0.278 e. The highest BCUT2D eigenvalue weighted by atomic mass is 35.5. The fourth-order valence-electron chi connectivity index (χ4n) is 2.94. The van der Waals surface area contributed by atoms with Gasteiger partial charge in [-0.3, -0.25) is 14.4 Å². The molecule has 0 aliphatic heterocycles. The van der Waals surface area contributed by atoms with E-state index in [0.717, 1.165) is 28.9 Å². The number of nitrogens with zero attached hydrogens (tertiary/aromatic N) is 5. The van der Waals surface area contributed by atoms with Gasteiger partial charge in [-0.15, -0.1) is 0 Å². The summed E-state index contributed by atoms with van der Waals surface area (Å²) in [6.07, 6.45) is 0.849. The molecule has 0 saturated carbocycles. The number of hydrogen-bond acceptors (Lipinski definition) is 5. The summed E-state index contributed by atoms with van der Waals surface area (Å²) in [7, 11) is 4.05. The Hall–Kier alpha value is -1.96. The molecule has 0 fully saturated rings. The predicted molar refractivity (Wildman–Crippen MR) is 112 cm³/mol. The second-order valence-electron chi connectivity index (χ2n) is 6.68. The Balaban J connectivity index is 1.98. The van der Waals surface area contributed by atoms with Crippen LogP contribution in [0.2, 0.25) is 5.02 Å². The summed E-state index contributed by atoms with van der Waals surface area (Å²) in [6, 6.07) is 7.54. The normalized spacial score (nSPS) is 11.5. The fraction of sp³-hybridized carbons (Fsp3) is 0.421. The number of para-hydroxylation sites is 1. The average molecular weight is 406 g/mol. The molecule has 0 spiro atoms. The van der Waals surface area contributed by atoms with Crippen LogP contribution in [0.5, 0.6) is 0 Å². The first kappa shape index (κ1) is 19.8. The van der Waals surface area contributed by atoms with E-state index in [-0.39, 0.29) is 5.91 Å². The van der Waals surface area contributed by atoms with Crippen LogP contribution < -0.4 is 4.90 Å². The van der Waals surface area contributed by atoms with Crippen LogP contribution in [-0.2, 0) is 6.54 Å². The minimum absolute atomic E-state index is 0.0774. The van der Waals surface area contributed by atoms with Crippen molar-refractivity contribution in [1.29, 1.82) is 0 Å². The van der Waals surface area contributed by atoms with Gasteiger partial charge in [-0.2, -0.15) is 5.10 Å². The second-order valence-corrected chi connectivity index (χ2v) is 8.10. The highest BCUT2D eigenvalue weighted by Crippen LogP contribution is 2.33. The van der Waals surface area contributed by atoms with E-state index in [1.54, 1.807) is 9.58 Å². The maximum absolute atomic E-state index is 13.4. The molecule has 0 aliphatic rings. The Morgan fingerprint density at radius 3 is 2.74 bits per heavy atom. The molecule has 0 aliphatic carbocycles. The number of hydrogen-bond donors (Lipinski definition) is 0. The molecule has 3 aromatic rings. The van der Waals surface area contributed by atoms with Crippen LogP contribution in [0.1, 0.15) is 29.5 Å². The first-order valence-corrected chi connectivity index (χ1v) is 10.2. The zero-order chi connectivity index (χ0) is 19.6. The second kappa shape index (κ2) is 8.37. The summed E-state index contributed by atoms with van der Waals surface area (Å²) in [5.74, 6) is -0.0774. The van der Waals surface area contributed by atoms with E-state index in [9.17, 15) is 4.79 Å². The molecule has 2 heterocycles. The lowest BCUT2D eigenvalue weighted by atomic mass is 10.3. The highest BCUT2D eigenvalue weighted by Gasteiger charge is 2.24. The van der Waals surface area contributed by atoms with E-state index in [0.29, 0.717) is 28.9 Å². The lowest BCUT2D eigenvalue weighted by Gasteiger charge is -2.21. The number of benzene rings is 1. The van der Waals surface area contributed by atoms with E-state index in [4.69, 9.17) is 11.6 Å². The minimum Gasteiger partial charge on any atom is -0.309 e. The van der Waals surface area contributed by atoms with Crippen molar-refractivity contribution >= 4 is 44.2 Å². The lowest BCUT2D eigenvalue weighted by Crippen LogP contribution is -2.34. The fourth-order valence-corrected chi connectivity index (χ4v) is 4.23. The molecule has 1 aromatic carbocycles. The van der Waals surface area contributed by atoms with E-state index >= 15 is 0 Å². The number of rotatable bonds is 7. The number of amides is 1. The van der Waals surface area contributed by atoms with Gasteiger partial charge in [-0.1, -0.05) is 29.0 Å². The van der Waals surface area contributed by atoms with Crippen molar-refractivity contribution in [2.75, 3.05) is 32.1 Å². The van der Waals surface area contributed by atoms with Gasteiger partial charge in [-0.05, 0) is 59.1 Å². The number of carbonyl (C=O) groups is 1. The lowest BCUT2D eigenvalue weighted by molar-refractivity contribution is 0.0975. The largest absolute Gasteiger partial charge is 0.309 e. The molecule has 8 heteroatoms. The van der Waals surface area contributed by atoms with Crippen molar-refractivity contribution in [3.8, 4) is 0 Å². The molecule has 6 nitrogen and oxygen atoms in total. The molecule has 0 bridgehead atoms. The van der Waals surface area contributed by atoms with Gasteiger partial charge in [0.1, 0.15) is 11.2 Å². The molecule has 0 unspecified atom stereocenters. The molecule has 0 atom stereocenters. The van der Waals surface area contributed by atoms with Gasteiger partial charge in [0.15, 0.2) is 5.13 Å². The molecule has 27 heavy (non-hydrogen) atoms. The maximum Gasteiger partial charge on any atom is 0.278 e. The van der Waals surface area contributed by atoms with Crippen molar-refractivity contribution in [2.24, 2.45) is 0 Å². The summed E-state index contributed by atoms with van der Waals surface area (Å²) in [6.45, 7) is 6.00. The molecule has 0 N–H and O–H groups in total. The SMILES string of the molecule is CCn1nc(C)cc1C(=O)N(CCCN(C)C)c1nc2c(Cl)cccc2s1. The number of halogens is 1. The Bertz CT molecular complexity index is 949. The highest BCUT2D eigenvalue weighted by molar-refractivity contribution is 7.22. The first-order chi connectivity index (χ1) is 12.9. The van der Waals surface area contributed by atoms with Gasteiger partial charge < -0.3 is 4.90 Å². The Kier molecular flexibility index (Phi) is 6.14. The van der Waals surface area contributed by atoms with Gasteiger partial charge >= 0.3 is 0 Å². The number of anilines is 1. The van der Waals surface area contributed by atoms with E-state index < -0.39 is 0 Å². The molecule has 3 rings (SSSR count). The van der Waals surface area contributed by atoms with Gasteiger partial charge in [0, 0.05) is 13.1 Å². The van der Waals surface area contributed by atoms with Gasteiger partial charge in [0.2, 0.25) is 0 Å².